The maximum atomic E-state index is 11.6. The minimum absolute atomic E-state index is 0.0253. The zero-order valence-electron chi connectivity index (χ0n) is 11.8. The second-order valence-corrected chi connectivity index (χ2v) is 4.37. The number of methoxy groups -OCH3 is 1. The molecule has 114 valence electrons. The summed E-state index contributed by atoms with van der Waals surface area (Å²) in [5, 5.41) is 11.1. The van der Waals surface area contributed by atoms with Crippen molar-refractivity contribution in [2.24, 2.45) is 0 Å². The number of nitro benzene ring substituents is 1. The lowest BCUT2D eigenvalue weighted by Crippen LogP contribution is -2.12. The number of carbonyl (C=O) groups excluding carboxylic acids is 2. The van der Waals surface area contributed by atoms with Gasteiger partial charge in [-0.2, -0.15) is 0 Å². The van der Waals surface area contributed by atoms with Gasteiger partial charge in [0.25, 0.3) is 5.69 Å². The first-order valence-electron chi connectivity index (χ1n) is 6.22. The molecule has 1 atom stereocenters. The number of ketones is 1. The van der Waals surface area contributed by atoms with E-state index in [1.54, 1.807) is 6.92 Å². The van der Waals surface area contributed by atoms with Crippen molar-refractivity contribution in [3.05, 3.63) is 46.4 Å². The SMILES string of the molecule is [CH2-]CC(=O)c1ccc(C(C)COC(=O)OC)c([N+](=O)[O-])c1. The van der Waals surface area contributed by atoms with E-state index in [9.17, 15) is 19.7 Å². The van der Waals surface area contributed by atoms with Crippen LogP contribution in [-0.4, -0.2) is 30.6 Å². The van der Waals surface area contributed by atoms with Crippen LogP contribution >= 0.6 is 0 Å². The first-order chi connectivity index (χ1) is 9.90. The molecule has 0 aliphatic heterocycles. The van der Waals surface area contributed by atoms with Gasteiger partial charge >= 0.3 is 6.16 Å². The van der Waals surface area contributed by atoms with E-state index >= 15 is 0 Å². The first-order valence-corrected chi connectivity index (χ1v) is 6.22. The van der Waals surface area contributed by atoms with Crippen LogP contribution in [0.25, 0.3) is 0 Å². The molecule has 0 bridgehead atoms. The fraction of sp³-hybridized carbons (Fsp3) is 0.357. The summed E-state index contributed by atoms with van der Waals surface area (Å²) in [5.74, 6) is -0.684. The summed E-state index contributed by atoms with van der Waals surface area (Å²) < 4.78 is 9.11. The fourth-order valence-corrected chi connectivity index (χ4v) is 1.78. The molecule has 0 saturated heterocycles. The Hall–Kier alpha value is -2.44. The van der Waals surface area contributed by atoms with Gasteiger partial charge in [0.1, 0.15) is 12.4 Å². The van der Waals surface area contributed by atoms with Crippen LogP contribution in [-0.2, 0) is 9.47 Å². The molecule has 0 heterocycles. The highest BCUT2D eigenvalue weighted by molar-refractivity contribution is 5.97. The zero-order valence-corrected chi connectivity index (χ0v) is 11.8. The molecule has 1 aromatic carbocycles. The van der Waals surface area contributed by atoms with Gasteiger partial charge in [0.05, 0.1) is 12.0 Å². The van der Waals surface area contributed by atoms with Crippen LogP contribution in [0.15, 0.2) is 18.2 Å². The van der Waals surface area contributed by atoms with Gasteiger partial charge in [-0.3, -0.25) is 14.9 Å². The summed E-state index contributed by atoms with van der Waals surface area (Å²) in [5.41, 5.74) is 0.432. The van der Waals surface area contributed by atoms with Crippen LogP contribution in [0, 0.1) is 17.0 Å². The Labute approximate surface area is 122 Å². The number of hydrogen-bond acceptors (Lipinski definition) is 6. The van der Waals surface area contributed by atoms with E-state index in [0.717, 1.165) is 0 Å². The van der Waals surface area contributed by atoms with Gasteiger partial charge in [0, 0.05) is 23.1 Å². The average molecular weight is 294 g/mol. The molecule has 0 aromatic heterocycles. The number of nitrogens with zero attached hydrogens (tertiary/aromatic N) is 1. The van der Waals surface area contributed by atoms with E-state index in [1.807, 2.05) is 0 Å². The predicted octanol–water partition coefficient (Wildman–Crippen LogP) is 2.89. The number of rotatable bonds is 6. The van der Waals surface area contributed by atoms with Gasteiger partial charge in [-0.1, -0.05) is 19.1 Å². The summed E-state index contributed by atoms with van der Waals surface area (Å²) in [6.07, 6.45) is -0.828. The smallest absolute Gasteiger partial charge is 0.438 e. The Kier molecular flexibility index (Phi) is 5.83. The number of benzene rings is 1. The highest BCUT2D eigenvalue weighted by atomic mass is 16.7. The van der Waals surface area contributed by atoms with Crippen molar-refractivity contribution in [3.8, 4) is 0 Å². The van der Waals surface area contributed by atoms with Gasteiger partial charge in [0.2, 0.25) is 0 Å². The van der Waals surface area contributed by atoms with Crippen molar-refractivity contribution >= 4 is 17.6 Å². The molecule has 0 fully saturated rings. The maximum Gasteiger partial charge on any atom is 0.507 e. The summed E-state index contributed by atoms with van der Waals surface area (Å²) in [6.45, 7) is 5.08. The molecule has 21 heavy (non-hydrogen) atoms. The lowest BCUT2D eigenvalue weighted by atomic mass is 9.97. The third kappa shape index (κ3) is 4.27. The maximum absolute atomic E-state index is 11.6. The highest BCUT2D eigenvalue weighted by Gasteiger charge is 2.21. The third-order valence-electron chi connectivity index (χ3n) is 2.92. The van der Waals surface area contributed by atoms with Crippen LogP contribution in [0.2, 0.25) is 0 Å². The molecule has 0 aliphatic rings. The minimum atomic E-state index is -0.853. The minimum Gasteiger partial charge on any atom is -0.438 e. The number of ether oxygens (including phenoxy) is 2. The van der Waals surface area contributed by atoms with Gasteiger partial charge in [-0.15, -0.1) is 6.42 Å². The Morgan fingerprint density at radius 3 is 2.62 bits per heavy atom. The molecule has 7 heteroatoms. The van der Waals surface area contributed by atoms with E-state index in [0.29, 0.717) is 5.56 Å². The standard InChI is InChI=1S/C14H16NO6/c1-4-13(16)10-5-6-11(12(7-10)15(18)19)9(2)8-21-14(17)20-3/h5-7,9H,1,4,8H2,2-3H3/q-1. The fourth-order valence-electron chi connectivity index (χ4n) is 1.78. The molecular formula is C14H16NO6-. The zero-order chi connectivity index (χ0) is 16.0. The predicted molar refractivity (Wildman–Crippen MR) is 74.2 cm³/mol. The monoisotopic (exact) mass is 294 g/mol. The van der Waals surface area contributed by atoms with Crippen molar-refractivity contribution < 1.29 is 24.0 Å². The van der Waals surface area contributed by atoms with Crippen LogP contribution in [0.3, 0.4) is 0 Å². The second-order valence-electron chi connectivity index (χ2n) is 4.37. The molecule has 7 nitrogen and oxygen atoms in total. The summed E-state index contributed by atoms with van der Waals surface area (Å²) in [4.78, 5) is 33.0. The molecule has 1 unspecified atom stereocenters. The van der Waals surface area contributed by atoms with E-state index in [-0.39, 0.29) is 30.1 Å². The van der Waals surface area contributed by atoms with E-state index < -0.39 is 17.0 Å². The summed E-state index contributed by atoms with van der Waals surface area (Å²) in [7, 11) is 1.18. The Bertz CT molecular complexity index is 554. The van der Waals surface area contributed by atoms with E-state index in [4.69, 9.17) is 4.74 Å². The van der Waals surface area contributed by atoms with E-state index in [1.165, 1.54) is 25.3 Å². The number of hydrogen-bond donors (Lipinski definition) is 0. The topological polar surface area (TPSA) is 95.7 Å². The molecule has 0 radical (unpaired) electrons. The van der Waals surface area contributed by atoms with E-state index in [2.05, 4.69) is 11.7 Å². The molecule has 0 amide bonds. The Balaban J connectivity index is 3.03. The van der Waals surface area contributed by atoms with Crippen LogP contribution in [0.4, 0.5) is 10.5 Å². The number of Topliss-reactive ketones (excluding diaryl/α,β-unsaturated/α-hetero) is 1. The van der Waals surface area contributed by atoms with Crippen molar-refractivity contribution in [1.29, 1.82) is 0 Å². The van der Waals surface area contributed by atoms with Crippen LogP contribution in [0.1, 0.15) is 35.2 Å². The summed E-state index contributed by atoms with van der Waals surface area (Å²) in [6, 6.07) is 4.22. The Morgan fingerprint density at radius 2 is 2.10 bits per heavy atom. The molecule has 0 N–H and O–H groups in total. The molecule has 1 rings (SSSR count). The van der Waals surface area contributed by atoms with Gasteiger partial charge in [-0.25, -0.2) is 4.79 Å². The lowest BCUT2D eigenvalue weighted by molar-refractivity contribution is -0.385. The van der Waals surface area contributed by atoms with Crippen molar-refractivity contribution in [1.82, 2.24) is 0 Å². The second kappa shape index (κ2) is 7.37. The molecular weight excluding hydrogens is 278 g/mol. The summed E-state index contributed by atoms with van der Waals surface area (Å²) >= 11 is 0. The number of nitro groups is 1. The van der Waals surface area contributed by atoms with Gasteiger partial charge in [-0.05, 0) is 0 Å². The average Bonchev–Trinajstić information content (AvgIpc) is 2.50. The normalized spacial score (nSPS) is 11.6. The number of carbonyl (C=O) groups is 2. The van der Waals surface area contributed by atoms with Crippen LogP contribution in [0.5, 0.6) is 0 Å². The quantitative estimate of drug-likeness (QED) is 0.263. The molecule has 0 saturated carbocycles. The van der Waals surface area contributed by atoms with Gasteiger partial charge in [0.15, 0.2) is 0 Å². The molecule has 1 aromatic rings. The largest absolute Gasteiger partial charge is 0.507 e. The third-order valence-corrected chi connectivity index (χ3v) is 2.92. The van der Waals surface area contributed by atoms with Crippen molar-refractivity contribution in [2.75, 3.05) is 13.7 Å². The first kappa shape index (κ1) is 16.6. The molecule has 0 spiro atoms. The van der Waals surface area contributed by atoms with Crippen molar-refractivity contribution in [3.63, 3.8) is 0 Å². The van der Waals surface area contributed by atoms with Crippen molar-refractivity contribution in [2.45, 2.75) is 19.3 Å². The van der Waals surface area contributed by atoms with Crippen LogP contribution < -0.4 is 0 Å². The Morgan fingerprint density at radius 1 is 1.43 bits per heavy atom. The lowest BCUT2D eigenvalue weighted by Gasteiger charge is -2.13. The molecule has 0 aliphatic carbocycles. The van der Waals surface area contributed by atoms with Gasteiger partial charge < -0.3 is 16.4 Å². The highest BCUT2D eigenvalue weighted by Crippen LogP contribution is 2.28.